The molecule has 1 aliphatic heterocycles. The molecule has 1 amide bonds. The van der Waals surface area contributed by atoms with Crippen molar-refractivity contribution in [3.8, 4) is 0 Å². The van der Waals surface area contributed by atoms with Gasteiger partial charge in [0.05, 0.1) is 5.56 Å². The van der Waals surface area contributed by atoms with Crippen LogP contribution in [0, 0.1) is 0 Å². The van der Waals surface area contributed by atoms with Crippen LogP contribution in [0.4, 0.5) is 0 Å². The van der Waals surface area contributed by atoms with Gasteiger partial charge in [0, 0.05) is 24.4 Å². The summed E-state index contributed by atoms with van der Waals surface area (Å²) in [6.45, 7) is 0.762. The van der Waals surface area contributed by atoms with E-state index in [1.165, 1.54) is 44.4 Å². The van der Waals surface area contributed by atoms with E-state index in [2.05, 4.69) is 0 Å². The molecular weight excluding hydrogens is 314 g/mol. The third-order valence-corrected chi connectivity index (χ3v) is 6.26. The number of hydrogen-bond acceptors (Lipinski definition) is 4. The molecule has 1 saturated carbocycles. The van der Waals surface area contributed by atoms with Crippen LogP contribution in [-0.2, 0) is 9.84 Å². The number of likely N-dealkylation sites (tertiary alicyclic amines) is 1. The molecule has 1 aliphatic carbocycles. The highest BCUT2D eigenvalue weighted by Gasteiger charge is 2.42. The summed E-state index contributed by atoms with van der Waals surface area (Å²) in [6.07, 6.45) is 12.6. The monoisotopic (exact) mass is 339 g/mol. The lowest BCUT2D eigenvalue weighted by atomic mass is 9.80. The minimum absolute atomic E-state index is 0.0334. The van der Waals surface area contributed by atoms with Crippen molar-refractivity contribution in [1.29, 1.82) is 0 Å². The first-order valence-electron chi connectivity index (χ1n) is 8.53. The first-order valence-corrected chi connectivity index (χ1v) is 10.4. The summed E-state index contributed by atoms with van der Waals surface area (Å²) in [4.78, 5) is 15.0. The fraction of sp³-hybridized carbons (Fsp3) is 0.706. The molecule has 0 N–H and O–H groups in total. The Morgan fingerprint density at radius 1 is 1.09 bits per heavy atom. The molecule has 2 aliphatic rings. The van der Waals surface area contributed by atoms with Crippen molar-refractivity contribution in [2.45, 2.75) is 68.4 Å². The molecule has 5 nitrogen and oxygen atoms in total. The first kappa shape index (κ1) is 16.6. The summed E-state index contributed by atoms with van der Waals surface area (Å²) in [5, 5.41) is -0.132. The van der Waals surface area contributed by atoms with Crippen LogP contribution in [0.25, 0.3) is 0 Å². The standard InChI is InChI=1S/C17H25NO4S/c1-23(20,21)15-12-14(13-22-15)16(19)18-11-7-6-10-17(18)8-4-2-3-5-9-17/h12-13H,2-11H2,1H3. The second-order valence-electron chi connectivity index (χ2n) is 6.98. The van der Waals surface area contributed by atoms with Crippen molar-refractivity contribution >= 4 is 15.7 Å². The first-order chi connectivity index (χ1) is 10.9. The van der Waals surface area contributed by atoms with Gasteiger partial charge < -0.3 is 9.32 Å². The normalized spacial score (nSPS) is 22.0. The van der Waals surface area contributed by atoms with Gasteiger partial charge in [-0.25, -0.2) is 8.42 Å². The van der Waals surface area contributed by atoms with Crippen LogP contribution < -0.4 is 0 Å². The summed E-state index contributed by atoms with van der Waals surface area (Å²) >= 11 is 0. The van der Waals surface area contributed by atoms with Crippen LogP contribution in [-0.4, -0.2) is 37.6 Å². The summed E-state index contributed by atoms with van der Waals surface area (Å²) in [5.74, 6) is -0.0785. The summed E-state index contributed by atoms with van der Waals surface area (Å²) in [5.41, 5.74) is 0.324. The van der Waals surface area contributed by atoms with Gasteiger partial charge in [0.2, 0.25) is 14.9 Å². The van der Waals surface area contributed by atoms with Gasteiger partial charge in [-0.3, -0.25) is 4.79 Å². The molecule has 1 aromatic heterocycles. The zero-order valence-corrected chi connectivity index (χ0v) is 14.5. The molecule has 2 heterocycles. The van der Waals surface area contributed by atoms with E-state index in [0.717, 1.165) is 38.5 Å². The van der Waals surface area contributed by atoms with Crippen molar-refractivity contribution in [2.24, 2.45) is 0 Å². The van der Waals surface area contributed by atoms with Crippen LogP contribution in [0.15, 0.2) is 21.8 Å². The number of nitrogens with zero attached hydrogens (tertiary/aromatic N) is 1. The molecule has 6 heteroatoms. The van der Waals surface area contributed by atoms with Crippen LogP contribution in [0.5, 0.6) is 0 Å². The van der Waals surface area contributed by atoms with Crippen molar-refractivity contribution in [1.82, 2.24) is 4.90 Å². The quantitative estimate of drug-likeness (QED) is 0.828. The third-order valence-electron chi connectivity index (χ3n) is 5.31. The second-order valence-corrected chi connectivity index (χ2v) is 8.93. The Morgan fingerprint density at radius 3 is 2.26 bits per heavy atom. The number of hydrogen-bond donors (Lipinski definition) is 0. The number of carbonyl (C=O) groups is 1. The lowest BCUT2D eigenvalue weighted by Crippen LogP contribution is -2.54. The zero-order valence-electron chi connectivity index (χ0n) is 13.7. The van der Waals surface area contributed by atoms with E-state index < -0.39 is 9.84 Å². The number of rotatable bonds is 2. The van der Waals surface area contributed by atoms with Gasteiger partial charge in [-0.15, -0.1) is 0 Å². The zero-order chi connectivity index (χ0) is 16.5. The number of furan rings is 1. The molecule has 3 rings (SSSR count). The lowest BCUT2D eigenvalue weighted by Gasteiger charge is -2.47. The van der Waals surface area contributed by atoms with E-state index >= 15 is 0 Å². The molecule has 0 bridgehead atoms. The average molecular weight is 339 g/mol. The van der Waals surface area contributed by atoms with Crippen LogP contribution >= 0.6 is 0 Å². The van der Waals surface area contributed by atoms with Gasteiger partial charge in [-0.05, 0) is 32.1 Å². The van der Waals surface area contributed by atoms with E-state index in [4.69, 9.17) is 4.42 Å². The van der Waals surface area contributed by atoms with E-state index in [0.29, 0.717) is 5.56 Å². The number of amides is 1. The maximum Gasteiger partial charge on any atom is 0.257 e. The molecule has 0 radical (unpaired) electrons. The number of carbonyl (C=O) groups excluding carboxylic acids is 1. The van der Waals surface area contributed by atoms with Gasteiger partial charge in [-0.2, -0.15) is 0 Å². The smallest absolute Gasteiger partial charge is 0.257 e. The molecule has 0 atom stereocenters. The third kappa shape index (κ3) is 3.32. The molecule has 23 heavy (non-hydrogen) atoms. The van der Waals surface area contributed by atoms with Crippen molar-refractivity contribution in [2.75, 3.05) is 12.8 Å². The Hall–Kier alpha value is -1.30. The van der Waals surface area contributed by atoms with Gasteiger partial charge in [0.25, 0.3) is 5.91 Å². The molecule has 1 spiro atoms. The molecule has 0 aromatic carbocycles. The molecule has 128 valence electrons. The molecule has 1 aromatic rings. The van der Waals surface area contributed by atoms with E-state index in [1.807, 2.05) is 4.90 Å². The Morgan fingerprint density at radius 2 is 1.70 bits per heavy atom. The average Bonchev–Trinajstić information content (AvgIpc) is 2.91. The van der Waals surface area contributed by atoms with Crippen molar-refractivity contribution in [3.05, 3.63) is 17.9 Å². The minimum atomic E-state index is -3.42. The lowest BCUT2D eigenvalue weighted by molar-refractivity contribution is 0.0247. The topological polar surface area (TPSA) is 67.6 Å². The summed E-state index contributed by atoms with van der Waals surface area (Å²) in [7, 11) is -3.42. The van der Waals surface area contributed by atoms with Crippen LogP contribution in [0.3, 0.4) is 0 Å². The molecule has 2 fully saturated rings. The minimum Gasteiger partial charge on any atom is -0.452 e. The Bertz CT molecular complexity index is 669. The summed E-state index contributed by atoms with van der Waals surface area (Å²) in [6, 6.07) is 1.37. The summed E-state index contributed by atoms with van der Waals surface area (Å²) < 4.78 is 28.2. The highest BCUT2D eigenvalue weighted by Crippen LogP contribution is 2.40. The van der Waals surface area contributed by atoms with E-state index in [-0.39, 0.29) is 16.5 Å². The number of sulfone groups is 1. The maximum absolute atomic E-state index is 13.0. The van der Waals surface area contributed by atoms with Gasteiger partial charge in [-0.1, -0.05) is 25.7 Å². The fourth-order valence-corrected chi connectivity index (χ4v) is 4.66. The predicted molar refractivity (Wildman–Crippen MR) is 87.1 cm³/mol. The van der Waals surface area contributed by atoms with Crippen LogP contribution in [0.2, 0.25) is 0 Å². The predicted octanol–water partition coefficient (Wildman–Crippen LogP) is 3.40. The molecular formula is C17H25NO4S. The van der Waals surface area contributed by atoms with Crippen LogP contribution in [0.1, 0.15) is 68.1 Å². The largest absolute Gasteiger partial charge is 0.452 e. The maximum atomic E-state index is 13.0. The number of piperidine rings is 1. The van der Waals surface area contributed by atoms with Crippen molar-refractivity contribution < 1.29 is 17.6 Å². The van der Waals surface area contributed by atoms with Crippen molar-refractivity contribution in [3.63, 3.8) is 0 Å². The second kappa shape index (κ2) is 6.30. The highest BCUT2D eigenvalue weighted by atomic mass is 32.2. The van der Waals surface area contributed by atoms with E-state index in [1.54, 1.807) is 0 Å². The Balaban J connectivity index is 1.88. The SMILES string of the molecule is CS(=O)(=O)c1cc(C(=O)N2CCCCC23CCCCCC3)co1. The molecule has 1 saturated heterocycles. The highest BCUT2D eigenvalue weighted by molar-refractivity contribution is 7.90. The van der Waals surface area contributed by atoms with Gasteiger partial charge in [0.1, 0.15) is 6.26 Å². The van der Waals surface area contributed by atoms with E-state index in [9.17, 15) is 13.2 Å². The Kier molecular flexibility index (Phi) is 4.54. The Labute approximate surface area is 138 Å². The van der Waals surface area contributed by atoms with Gasteiger partial charge >= 0.3 is 0 Å². The fourth-order valence-electron chi connectivity index (χ4n) is 4.10. The van der Waals surface area contributed by atoms with Gasteiger partial charge in [0.15, 0.2) is 0 Å². The molecule has 0 unspecified atom stereocenters.